The van der Waals surface area contributed by atoms with Crippen LogP contribution in [-0.4, -0.2) is 34.0 Å². The van der Waals surface area contributed by atoms with E-state index in [2.05, 4.69) is 20.2 Å². The molecule has 2 N–H and O–H groups in total. The second-order valence-electron chi connectivity index (χ2n) is 8.86. The van der Waals surface area contributed by atoms with E-state index in [9.17, 15) is 26.3 Å². The van der Waals surface area contributed by atoms with Gasteiger partial charge in [-0.25, -0.2) is 4.98 Å². The Labute approximate surface area is 199 Å². The Morgan fingerprint density at radius 3 is 1.97 bits per heavy atom. The number of aryl methyl sites for hydroxylation is 1. The van der Waals surface area contributed by atoms with Crippen LogP contribution in [0.2, 0.25) is 0 Å². The van der Waals surface area contributed by atoms with Crippen molar-refractivity contribution in [3.05, 3.63) is 76.6 Å². The van der Waals surface area contributed by atoms with E-state index in [-0.39, 0.29) is 6.04 Å². The first-order valence-electron chi connectivity index (χ1n) is 11.3. The number of piperidine rings is 1. The quantitative estimate of drug-likeness (QED) is 0.401. The highest BCUT2D eigenvalue weighted by Crippen LogP contribution is 2.31. The number of likely N-dealkylation sites (tertiary alicyclic amines) is 1. The maximum absolute atomic E-state index is 12.8. The van der Waals surface area contributed by atoms with Crippen LogP contribution in [-0.2, 0) is 25.4 Å². The van der Waals surface area contributed by atoms with Crippen molar-refractivity contribution >= 4 is 0 Å². The third-order valence-electron chi connectivity index (χ3n) is 6.31. The van der Waals surface area contributed by atoms with Gasteiger partial charge in [0.2, 0.25) is 0 Å². The summed E-state index contributed by atoms with van der Waals surface area (Å²) in [5, 5.41) is 3.42. The molecule has 2 heterocycles. The van der Waals surface area contributed by atoms with Crippen LogP contribution in [0.1, 0.15) is 40.9 Å². The number of nitrogens with one attached hydrogen (secondary N) is 2. The van der Waals surface area contributed by atoms with Crippen LogP contribution in [0.15, 0.2) is 48.5 Å². The van der Waals surface area contributed by atoms with E-state index in [4.69, 9.17) is 0 Å². The fourth-order valence-electron chi connectivity index (χ4n) is 4.19. The summed E-state index contributed by atoms with van der Waals surface area (Å²) in [5.74, 6) is 0.541. The molecule has 10 heteroatoms. The van der Waals surface area contributed by atoms with E-state index in [1.54, 1.807) is 0 Å². The molecular weight excluding hydrogens is 470 g/mol. The summed E-state index contributed by atoms with van der Waals surface area (Å²) < 4.78 is 76.5. The zero-order valence-electron chi connectivity index (χ0n) is 19.1. The molecule has 3 aromatic rings. The normalized spacial score (nSPS) is 16.1. The first-order chi connectivity index (χ1) is 16.5. The molecule has 0 spiro atoms. The number of benzene rings is 2. The average Bonchev–Trinajstić information content (AvgIpc) is 3.18. The number of rotatable bonds is 6. The van der Waals surface area contributed by atoms with E-state index < -0.39 is 23.5 Å². The number of halogens is 6. The maximum atomic E-state index is 12.8. The van der Waals surface area contributed by atoms with Gasteiger partial charge >= 0.3 is 12.4 Å². The molecule has 0 bridgehead atoms. The predicted octanol–water partition coefficient (Wildman–Crippen LogP) is 6.18. The standard InChI is InChI=1S/C25H26F6N4/c1-16-22(34-23(33-16)18-4-8-20(9-5-18)25(29,30)31)15-35-12-10-21(11-13-35)32-14-17-2-6-19(7-3-17)24(26,27)28/h2-9,21,32H,10-15H2,1H3,(H,33,34). The topological polar surface area (TPSA) is 44.0 Å². The van der Waals surface area contributed by atoms with Crippen LogP contribution in [0.3, 0.4) is 0 Å². The van der Waals surface area contributed by atoms with Crippen LogP contribution in [0.25, 0.3) is 11.4 Å². The minimum Gasteiger partial charge on any atom is -0.342 e. The Hall–Kier alpha value is -2.85. The molecule has 0 atom stereocenters. The molecule has 188 valence electrons. The Morgan fingerprint density at radius 1 is 0.886 bits per heavy atom. The van der Waals surface area contributed by atoms with Crippen molar-refractivity contribution in [2.45, 2.75) is 51.2 Å². The van der Waals surface area contributed by atoms with Gasteiger partial charge in [0.15, 0.2) is 0 Å². The molecule has 4 nitrogen and oxygen atoms in total. The van der Waals surface area contributed by atoms with Crippen molar-refractivity contribution in [3.63, 3.8) is 0 Å². The highest BCUT2D eigenvalue weighted by Gasteiger charge is 2.31. The van der Waals surface area contributed by atoms with Gasteiger partial charge in [-0.15, -0.1) is 0 Å². The van der Waals surface area contributed by atoms with Crippen LogP contribution < -0.4 is 5.32 Å². The van der Waals surface area contributed by atoms with Gasteiger partial charge in [0.25, 0.3) is 0 Å². The molecule has 0 aliphatic carbocycles. The molecular formula is C25H26F6N4. The SMILES string of the molecule is Cc1[nH]c(-c2ccc(C(F)(F)F)cc2)nc1CN1CCC(NCc2ccc(C(F)(F)F)cc2)CC1. The highest BCUT2D eigenvalue weighted by atomic mass is 19.4. The molecule has 1 saturated heterocycles. The average molecular weight is 496 g/mol. The minimum absolute atomic E-state index is 0.275. The summed E-state index contributed by atoms with van der Waals surface area (Å²) in [6.45, 7) is 4.72. The second-order valence-corrected chi connectivity index (χ2v) is 8.86. The van der Waals surface area contributed by atoms with Crippen molar-refractivity contribution < 1.29 is 26.3 Å². The molecule has 1 fully saturated rings. The lowest BCUT2D eigenvalue weighted by molar-refractivity contribution is -0.138. The molecule has 0 saturated carbocycles. The van der Waals surface area contributed by atoms with Gasteiger partial charge < -0.3 is 10.3 Å². The van der Waals surface area contributed by atoms with Crippen LogP contribution in [0.4, 0.5) is 26.3 Å². The molecule has 1 aliphatic rings. The van der Waals surface area contributed by atoms with E-state index in [0.717, 1.165) is 67.1 Å². The van der Waals surface area contributed by atoms with Crippen molar-refractivity contribution in [1.82, 2.24) is 20.2 Å². The third kappa shape index (κ3) is 6.43. The first-order valence-corrected chi connectivity index (χ1v) is 11.3. The second kappa shape index (κ2) is 10.0. The fraction of sp³-hybridized carbons (Fsp3) is 0.400. The Bertz CT molecular complexity index is 1110. The summed E-state index contributed by atoms with van der Waals surface area (Å²) in [5.41, 5.74) is 1.80. The lowest BCUT2D eigenvalue weighted by atomic mass is 10.0. The Balaban J connectivity index is 1.27. The highest BCUT2D eigenvalue weighted by molar-refractivity contribution is 5.56. The summed E-state index contributed by atoms with van der Waals surface area (Å²) >= 11 is 0. The predicted molar refractivity (Wildman–Crippen MR) is 120 cm³/mol. The summed E-state index contributed by atoms with van der Waals surface area (Å²) in [7, 11) is 0. The van der Waals surface area contributed by atoms with Gasteiger partial charge in [-0.05, 0) is 49.6 Å². The maximum Gasteiger partial charge on any atom is 0.416 e. The summed E-state index contributed by atoms with van der Waals surface area (Å²) in [6, 6.07) is 10.4. The van der Waals surface area contributed by atoms with Crippen molar-refractivity contribution in [1.29, 1.82) is 0 Å². The van der Waals surface area contributed by atoms with Gasteiger partial charge in [-0.2, -0.15) is 26.3 Å². The van der Waals surface area contributed by atoms with Crippen LogP contribution in [0, 0.1) is 6.92 Å². The van der Waals surface area contributed by atoms with Gasteiger partial charge in [0.05, 0.1) is 16.8 Å². The molecule has 1 aliphatic heterocycles. The van der Waals surface area contributed by atoms with E-state index in [0.29, 0.717) is 24.5 Å². The first kappa shape index (κ1) is 25.2. The zero-order valence-corrected chi connectivity index (χ0v) is 19.1. The van der Waals surface area contributed by atoms with Crippen LogP contribution >= 0.6 is 0 Å². The zero-order chi connectivity index (χ0) is 25.2. The summed E-state index contributed by atoms with van der Waals surface area (Å²) in [4.78, 5) is 10.1. The van der Waals surface area contributed by atoms with Crippen molar-refractivity contribution in [3.8, 4) is 11.4 Å². The van der Waals surface area contributed by atoms with Crippen molar-refractivity contribution in [2.75, 3.05) is 13.1 Å². The number of hydrogen-bond donors (Lipinski definition) is 2. The largest absolute Gasteiger partial charge is 0.416 e. The lowest BCUT2D eigenvalue weighted by Gasteiger charge is -2.32. The monoisotopic (exact) mass is 496 g/mol. The number of aromatic nitrogens is 2. The minimum atomic E-state index is -4.37. The molecule has 1 aromatic heterocycles. The number of H-pyrrole nitrogens is 1. The summed E-state index contributed by atoms with van der Waals surface area (Å²) in [6.07, 6.45) is -6.91. The molecule has 4 rings (SSSR count). The molecule has 0 unspecified atom stereocenters. The van der Waals surface area contributed by atoms with Gasteiger partial charge in [-0.1, -0.05) is 24.3 Å². The number of nitrogens with zero attached hydrogens (tertiary/aromatic N) is 2. The number of hydrogen-bond acceptors (Lipinski definition) is 3. The number of aromatic amines is 1. The molecule has 35 heavy (non-hydrogen) atoms. The molecule has 2 aromatic carbocycles. The fourth-order valence-corrected chi connectivity index (χ4v) is 4.19. The number of alkyl halides is 6. The van der Waals surface area contributed by atoms with E-state index in [1.165, 1.54) is 24.3 Å². The van der Waals surface area contributed by atoms with E-state index in [1.807, 2.05) is 6.92 Å². The lowest BCUT2D eigenvalue weighted by Crippen LogP contribution is -2.42. The third-order valence-corrected chi connectivity index (χ3v) is 6.31. The molecule has 0 radical (unpaired) electrons. The number of imidazole rings is 1. The van der Waals surface area contributed by atoms with Gasteiger partial charge in [0.1, 0.15) is 5.82 Å². The Morgan fingerprint density at radius 2 is 1.43 bits per heavy atom. The van der Waals surface area contributed by atoms with Gasteiger partial charge in [0, 0.05) is 43.5 Å². The van der Waals surface area contributed by atoms with E-state index >= 15 is 0 Å². The Kier molecular flexibility index (Phi) is 7.23. The molecule has 0 amide bonds. The van der Waals surface area contributed by atoms with Crippen LogP contribution in [0.5, 0.6) is 0 Å². The van der Waals surface area contributed by atoms with Gasteiger partial charge in [-0.3, -0.25) is 4.90 Å². The smallest absolute Gasteiger partial charge is 0.342 e. The van der Waals surface area contributed by atoms with Crippen molar-refractivity contribution in [2.24, 2.45) is 0 Å².